The number of rotatable bonds is 5. The van der Waals surface area contributed by atoms with Crippen LogP contribution in [0.3, 0.4) is 0 Å². The van der Waals surface area contributed by atoms with Crippen molar-refractivity contribution in [2.24, 2.45) is 10.9 Å². The van der Waals surface area contributed by atoms with Gasteiger partial charge in [-0.05, 0) is 43.0 Å². The highest BCUT2D eigenvalue weighted by Crippen LogP contribution is 2.24. The molecule has 0 unspecified atom stereocenters. The van der Waals surface area contributed by atoms with Gasteiger partial charge in [0.2, 0.25) is 5.91 Å². The quantitative estimate of drug-likeness (QED) is 0.818. The van der Waals surface area contributed by atoms with Crippen molar-refractivity contribution in [3.05, 3.63) is 64.7 Å². The van der Waals surface area contributed by atoms with E-state index in [0.29, 0.717) is 12.1 Å². The van der Waals surface area contributed by atoms with Crippen LogP contribution in [0.25, 0.3) is 0 Å². The van der Waals surface area contributed by atoms with Gasteiger partial charge in [0.1, 0.15) is 11.9 Å². The third-order valence-electron chi connectivity index (χ3n) is 5.10. The summed E-state index contributed by atoms with van der Waals surface area (Å²) >= 11 is 0. The number of carbonyl (C=O) groups is 1. The maximum Gasteiger partial charge on any atom is 0.263 e. The number of amides is 1. The molecule has 0 aliphatic carbocycles. The van der Waals surface area contributed by atoms with Crippen LogP contribution >= 0.6 is 0 Å². The van der Waals surface area contributed by atoms with Crippen molar-refractivity contribution in [3.8, 4) is 0 Å². The number of hydrogen-bond donors (Lipinski definition) is 1. The number of nitrogens with zero attached hydrogens (tertiary/aromatic N) is 2. The van der Waals surface area contributed by atoms with E-state index in [-0.39, 0.29) is 22.6 Å². The SMILES string of the molecule is Cc1ccc(CN(C)C(=O)[C@H](N=C2NS(=O)(=O)c3ccccc32)C(C)C)c(C)c1. The fraction of sp³-hybridized carbons (Fsp3) is 0.364. The standard InChI is InChI=1S/C22H27N3O3S/c1-14(2)20(22(26)25(5)13-17-11-10-15(3)12-16(17)4)23-21-18-8-6-7-9-19(18)29(27,28)24-21/h6-12,14,20H,13H2,1-5H3,(H,23,24)/t20-/m1/s1. The highest BCUT2D eigenvalue weighted by atomic mass is 32.2. The van der Waals surface area contributed by atoms with E-state index >= 15 is 0 Å². The number of aliphatic imine (C=N–C) groups is 1. The van der Waals surface area contributed by atoms with E-state index in [1.807, 2.05) is 39.8 Å². The van der Waals surface area contributed by atoms with Crippen molar-refractivity contribution in [1.29, 1.82) is 0 Å². The van der Waals surface area contributed by atoms with Crippen molar-refractivity contribution in [1.82, 2.24) is 9.62 Å². The smallest absolute Gasteiger partial charge is 0.263 e. The van der Waals surface area contributed by atoms with Crippen molar-refractivity contribution in [3.63, 3.8) is 0 Å². The molecule has 1 aliphatic rings. The summed E-state index contributed by atoms with van der Waals surface area (Å²) in [6.07, 6.45) is 0. The van der Waals surface area contributed by atoms with Crippen LogP contribution < -0.4 is 4.72 Å². The lowest BCUT2D eigenvalue weighted by Crippen LogP contribution is -2.39. The summed E-state index contributed by atoms with van der Waals surface area (Å²) in [5.41, 5.74) is 3.89. The minimum atomic E-state index is -3.64. The normalized spacial score (nSPS) is 17.1. The molecule has 1 aliphatic heterocycles. The van der Waals surface area contributed by atoms with E-state index in [4.69, 9.17) is 0 Å². The van der Waals surface area contributed by atoms with E-state index < -0.39 is 16.1 Å². The lowest BCUT2D eigenvalue weighted by Gasteiger charge is -2.25. The van der Waals surface area contributed by atoms with Gasteiger partial charge in [0.25, 0.3) is 10.0 Å². The molecule has 0 fully saturated rings. The first-order valence-corrected chi connectivity index (χ1v) is 11.1. The Balaban J connectivity index is 1.88. The van der Waals surface area contributed by atoms with Gasteiger partial charge in [-0.1, -0.05) is 49.7 Å². The van der Waals surface area contributed by atoms with Crippen molar-refractivity contribution < 1.29 is 13.2 Å². The molecule has 154 valence electrons. The van der Waals surface area contributed by atoms with Crippen LogP contribution in [0.15, 0.2) is 52.4 Å². The molecule has 3 rings (SSSR count). The predicted molar refractivity (Wildman–Crippen MR) is 114 cm³/mol. The highest BCUT2D eigenvalue weighted by Gasteiger charge is 2.33. The van der Waals surface area contributed by atoms with Crippen LogP contribution in [0, 0.1) is 19.8 Å². The van der Waals surface area contributed by atoms with Crippen molar-refractivity contribution in [2.45, 2.75) is 45.2 Å². The Hall–Kier alpha value is -2.67. The fourth-order valence-corrected chi connectivity index (χ4v) is 4.68. The number of benzene rings is 2. The van der Waals surface area contributed by atoms with Crippen LogP contribution in [-0.4, -0.2) is 38.2 Å². The summed E-state index contributed by atoms with van der Waals surface area (Å²) < 4.78 is 27.2. The number of aryl methyl sites for hydroxylation is 2. The first-order chi connectivity index (χ1) is 13.6. The van der Waals surface area contributed by atoms with E-state index in [9.17, 15) is 13.2 Å². The average molecular weight is 414 g/mol. The molecule has 0 bridgehead atoms. The van der Waals surface area contributed by atoms with Crippen LogP contribution in [0.2, 0.25) is 0 Å². The molecule has 0 aromatic heterocycles. The Morgan fingerprint density at radius 3 is 2.48 bits per heavy atom. The zero-order valence-electron chi connectivity index (χ0n) is 17.4. The molecule has 0 radical (unpaired) electrons. The number of fused-ring (bicyclic) bond motifs is 1. The predicted octanol–water partition coefficient (Wildman–Crippen LogP) is 3.03. The van der Waals surface area contributed by atoms with Gasteiger partial charge in [-0.3, -0.25) is 14.5 Å². The Morgan fingerprint density at radius 1 is 1.14 bits per heavy atom. The lowest BCUT2D eigenvalue weighted by atomic mass is 10.0. The van der Waals surface area contributed by atoms with Gasteiger partial charge >= 0.3 is 0 Å². The van der Waals surface area contributed by atoms with Gasteiger partial charge in [0, 0.05) is 19.2 Å². The molecular weight excluding hydrogens is 386 g/mol. The topological polar surface area (TPSA) is 78.8 Å². The van der Waals surface area contributed by atoms with Crippen LogP contribution in [0.5, 0.6) is 0 Å². The third-order valence-corrected chi connectivity index (χ3v) is 6.49. The summed E-state index contributed by atoms with van der Waals surface area (Å²) in [5.74, 6) is -0.00236. The number of sulfonamides is 1. The second-order valence-electron chi connectivity index (χ2n) is 7.89. The lowest BCUT2D eigenvalue weighted by molar-refractivity contribution is -0.132. The molecular formula is C22H27N3O3S. The molecule has 1 N–H and O–H groups in total. The zero-order valence-corrected chi connectivity index (χ0v) is 18.2. The van der Waals surface area contributed by atoms with Crippen molar-refractivity contribution >= 4 is 21.8 Å². The van der Waals surface area contributed by atoms with Gasteiger partial charge in [0.15, 0.2) is 0 Å². The van der Waals surface area contributed by atoms with Crippen LogP contribution in [0.4, 0.5) is 0 Å². The van der Waals surface area contributed by atoms with E-state index in [2.05, 4.69) is 15.8 Å². The Morgan fingerprint density at radius 2 is 1.83 bits per heavy atom. The van der Waals surface area contributed by atoms with E-state index in [1.54, 1.807) is 36.2 Å². The molecule has 1 atom stereocenters. The van der Waals surface area contributed by atoms with Crippen molar-refractivity contribution in [2.75, 3.05) is 7.05 Å². The van der Waals surface area contributed by atoms with Crippen LogP contribution in [0.1, 0.15) is 36.1 Å². The summed E-state index contributed by atoms with van der Waals surface area (Å²) in [6, 6.07) is 12.1. The van der Waals surface area contributed by atoms with Gasteiger partial charge in [-0.25, -0.2) is 8.42 Å². The fourth-order valence-electron chi connectivity index (χ4n) is 3.44. The molecule has 1 amide bonds. The molecule has 2 aromatic carbocycles. The van der Waals surface area contributed by atoms with E-state index in [1.165, 1.54) is 5.56 Å². The molecule has 0 saturated carbocycles. The molecule has 0 saturated heterocycles. The molecule has 2 aromatic rings. The Kier molecular flexibility index (Phi) is 5.80. The molecule has 7 heteroatoms. The molecule has 29 heavy (non-hydrogen) atoms. The van der Waals surface area contributed by atoms with Gasteiger partial charge < -0.3 is 4.90 Å². The minimum absolute atomic E-state index is 0.0890. The Labute approximate surface area is 172 Å². The molecule has 0 spiro atoms. The summed E-state index contributed by atoms with van der Waals surface area (Å²) in [6.45, 7) is 8.36. The highest BCUT2D eigenvalue weighted by molar-refractivity contribution is 7.90. The summed E-state index contributed by atoms with van der Waals surface area (Å²) in [7, 11) is -1.88. The maximum atomic E-state index is 13.2. The maximum absolute atomic E-state index is 13.2. The zero-order chi connectivity index (χ0) is 21.3. The van der Waals surface area contributed by atoms with E-state index in [0.717, 1.165) is 11.1 Å². The Bertz CT molecular complexity index is 1070. The summed E-state index contributed by atoms with van der Waals surface area (Å²) in [5, 5.41) is 0. The number of likely N-dealkylation sites (N-methyl/N-ethyl adjacent to an activating group) is 1. The minimum Gasteiger partial charge on any atom is -0.340 e. The first-order valence-electron chi connectivity index (χ1n) is 9.61. The van der Waals surface area contributed by atoms with Crippen LogP contribution in [-0.2, 0) is 21.4 Å². The van der Waals surface area contributed by atoms with Gasteiger partial charge in [0.05, 0.1) is 4.90 Å². The summed E-state index contributed by atoms with van der Waals surface area (Å²) in [4.78, 5) is 19.6. The first kappa shape index (κ1) is 21.0. The second-order valence-corrected chi connectivity index (χ2v) is 9.54. The van der Waals surface area contributed by atoms with Gasteiger partial charge in [-0.15, -0.1) is 0 Å². The average Bonchev–Trinajstić information content (AvgIpc) is 2.92. The number of amidine groups is 1. The largest absolute Gasteiger partial charge is 0.340 e. The third kappa shape index (κ3) is 4.34. The molecule has 6 nitrogen and oxygen atoms in total. The molecule has 1 heterocycles. The second kappa shape index (κ2) is 7.99. The number of hydrogen-bond acceptors (Lipinski definition) is 4. The monoisotopic (exact) mass is 413 g/mol. The van der Waals surface area contributed by atoms with Gasteiger partial charge in [-0.2, -0.15) is 0 Å². The number of nitrogens with one attached hydrogen (secondary N) is 1. The number of carbonyl (C=O) groups excluding carboxylic acids is 1.